The van der Waals surface area contributed by atoms with Gasteiger partial charge >= 0.3 is 0 Å². The molecule has 2 N–H and O–H groups in total. The van der Waals surface area contributed by atoms with Gasteiger partial charge in [0.15, 0.2) is 0 Å². The van der Waals surface area contributed by atoms with E-state index in [0.29, 0.717) is 22.4 Å². The van der Waals surface area contributed by atoms with Crippen LogP contribution in [-0.2, 0) is 13.6 Å². The molecule has 1 heterocycles. The van der Waals surface area contributed by atoms with Gasteiger partial charge in [0.1, 0.15) is 10.3 Å². The van der Waals surface area contributed by atoms with E-state index in [1.807, 2.05) is 6.07 Å². The molecule has 1 aromatic heterocycles. The SMILES string of the molecule is Cn1ncc(NCc2cccc(NC(=O)c3cccc(F)c3)c2)c(Br)c1=O. The van der Waals surface area contributed by atoms with Crippen molar-refractivity contribution in [3.8, 4) is 0 Å². The molecule has 138 valence electrons. The smallest absolute Gasteiger partial charge is 0.282 e. The maximum atomic E-state index is 13.3. The predicted octanol–water partition coefficient (Wildman–Crippen LogP) is 3.55. The molecule has 0 aliphatic heterocycles. The van der Waals surface area contributed by atoms with Crippen LogP contribution >= 0.6 is 15.9 Å². The molecule has 0 spiro atoms. The molecule has 0 saturated heterocycles. The fourth-order valence-electron chi connectivity index (χ4n) is 2.42. The first-order valence-corrected chi connectivity index (χ1v) is 8.85. The zero-order valence-corrected chi connectivity index (χ0v) is 16.0. The van der Waals surface area contributed by atoms with Crippen molar-refractivity contribution in [2.45, 2.75) is 6.54 Å². The van der Waals surface area contributed by atoms with Crippen LogP contribution in [0.25, 0.3) is 0 Å². The van der Waals surface area contributed by atoms with E-state index in [2.05, 4.69) is 31.7 Å². The number of nitrogens with zero attached hydrogens (tertiary/aromatic N) is 2. The molecule has 0 radical (unpaired) electrons. The number of nitrogens with one attached hydrogen (secondary N) is 2. The topological polar surface area (TPSA) is 76.0 Å². The molecule has 0 aliphatic carbocycles. The summed E-state index contributed by atoms with van der Waals surface area (Å²) >= 11 is 3.26. The number of hydrogen-bond donors (Lipinski definition) is 2. The second-order valence-corrected chi connectivity index (χ2v) is 6.61. The Labute approximate surface area is 163 Å². The van der Waals surface area contributed by atoms with Crippen molar-refractivity contribution < 1.29 is 9.18 Å². The Morgan fingerprint density at radius 2 is 2.00 bits per heavy atom. The maximum absolute atomic E-state index is 13.3. The highest BCUT2D eigenvalue weighted by atomic mass is 79.9. The van der Waals surface area contributed by atoms with Gasteiger partial charge in [-0.2, -0.15) is 5.10 Å². The zero-order valence-electron chi connectivity index (χ0n) is 14.4. The lowest BCUT2D eigenvalue weighted by Gasteiger charge is -2.11. The van der Waals surface area contributed by atoms with Crippen LogP contribution < -0.4 is 16.2 Å². The van der Waals surface area contributed by atoms with E-state index in [1.165, 1.54) is 22.9 Å². The highest BCUT2D eigenvalue weighted by Crippen LogP contribution is 2.18. The number of amides is 1. The van der Waals surface area contributed by atoms with E-state index < -0.39 is 11.7 Å². The second-order valence-electron chi connectivity index (χ2n) is 5.82. The van der Waals surface area contributed by atoms with Gasteiger partial charge in [0, 0.05) is 24.8 Å². The number of carbonyl (C=O) groups is 1. The van der Waals surface area contributed by atoms with Gasteiger partial charge < -0.3 is 10.6 Å². The molecule has 0 saturated carbocycles. The zero-order chi connectivity index (χ0) is 19.4. The summed E-state index contributed by atoms with van der Waals surface area (Å²) < 4.78 is 14.9. The lowest BCUT2D eigenvalue weighted by Crippen LogP contribution is -2.21. The molecule has 0 atom stereocenters. The molecular formula is C19H16BrFN4O2. The van der Waals surface area contributed by atoms with E-state index in [-0.39, 0.29) is 11.1 Å². The Balaban J connectivity index is 1.70. The van der Waals surface area contributed by atoms with Crippen molar-refractivity contribution in [3.05, 3.63) is 86.5 Å². The van der Waals surface area contributed by atoms with Gasteiger partial charge in [0.05, 0.1) is 11.9 Å². The van der Waals surface area contributed by atoms with Crippen LogP contribution in [0.1, 0.15) is 15.9 Å². The number of aryl methyl sites for hydroxylation is 1. The average Bonchev–Trinajstić information content (AvgIpc) is 2.66. The molecule has 0 unspecified atom stereocenters. The molecule has 8 heteroatoms. The Kier molecular flexibility index (Phi) is 5.66. The van der Waals surface area contributed by atoms with Gasteiger partial charge in [0.25, 0.3) is 11.5 Å². The highest BCUT2D eigenvalue weighted by molar-refractivity contribution is 9.10. The fraction of sp³-hybridized carbons (Fsp3) is 0.105. The summed E-state index contributed by atoms with van der Waals surface area (Å²) in [7, 11) is 1.57. The lowest BCUT2D eigenvalue weighted by atomic mass is 10.1. The first-order valence-electron chi connectivity index (χ1n) is 8.05. The normalized spacial score (nSPS) is 10.5. The van der Waals surface area contributed by atoms with Crippen molar-refractivity contribution >= 4 is 33.2 Å². The van der Waals surface area contributed by atoms with Crippen LogP contribution in [0.2, 0.25) is 0 Å². The summed E-state index contributed by atoms with van der Waals surface area (Å²) in [5.41, 5.74) is 2.06. The third kappa shape index (κ3) is 4.59. The number of aromatic nitrogens is 2. The van der Waals surface area contributed by atoms with Crippen LogP contribution in [-0.4, -0.2) is 15.7 Å². The van der Waals surface area contributed by atoms with Gasteiger partial charge in [-0.25, -0.2) is 9.07 Å². The molecule has 1 amide bonds. The summed E-state index contributed by atoms with van der Waals surface area (Å²) in [6.07, 6.45) is 1.56. The Morgan fingerprint density at radius 3 is 2.78 bits per heavy atom. The molecule has 3 aromatic rings. The first kappa shape index (κ1) is 18.8. The molecule has 0 bridgehead atoms. The molecule has 6 nitrogen and oxygen atoms in total. The largest absolute Gasteiger partial charge is 0.379 e. The third-order valence-electron chi connectivity index (χ3n) is 3.83. The summed E-state index contributed by atoms with van der Waals surface area (Å²) in [5, 5.41) is 9.85. The number of carbonyl (C=O) groups excluding carboxylic acids is 1. The van der Waals surface area contributed by atoms with Gasteiger partial charge in [0.2, 0.25) is 0 Å². The monoisotopic (exact) mass is 430 g/mol. The van der Waals surface area contributed by atoms with Crippen molar-refractivity contribution in [1.29, 1.82) is 0 Å². The number of rotatable bonds is 5. The summed E-state index contributed by atoms with van der Waals surface area (Å²) in [6.45, 7) is 0.428. The Hall–Kier alpha value is -3.00. The van der Waals surface area contributed by atoms with Crippen LogP contribution in [0.4, 0.5) is 15.8 Å². The first-order chi connectivity index (χ1) is 12.9. The Bertz CT molecular complexity index is 1050. The number of benzene rings is 2. The minimum absolute atomic E-state index is 0.240. The number of anilines is 2. The minimum atomic E-state index is -0.464. The van der Waals surface area contributed by atoms with Crippen molar-refractivity contribution in [3.63, 3.8) is 0 Å². The second kappa shape index (κ2) is 8.13. The van der Waals surface area contributed by atoms with Crippen LogP contribution in [0.3, 0.4) is 0 Å². The third-order valence-corrected chi connectivity index (χ3v) is 4.60. The molecule has 0 fully saturated rings. The Morgan fingerprint density at radius 1 is 1.22 bits per heavy atom. The van der Waals surface area contributed by atoms with E-state index in [1.54, 1.807) is 37.5 Å². The van der Waals surface area contributed by atoms with Crippen LogP contribution in [0.15, 0.2) is 64.0 Å². The lowest BCUT2D eigenvalue weighted by molar-refractivity contribution is 0.102. The van der Waals surface area contributed by atoms with E-state index >= 15 is 0 Å². The average molecular weight is 431 g/mol. The standard InChI is InChI=1S/C19H16BrFN4O2/c1-25-19(27)17(20)16(11-23-25)22-10-12-4-2-7-15(8-12)24-18(26)13-5-3-6-14(21)9-13/h2-9,11,22H,10H2,1H3,(H,24,26). The van der Waals surface area contributed by atoms with E-state index in [0.717, 1.165) is 5.56 Å². The van der Waals surface area contributed by atoms with Crippen molar-refractivity contribution in [1.82, 2.24) is 9.78 Å². The maximum Gasteiger partial charge on any atom is 0.282 e. The van der Waals surface area contributed by atoms with Gasteiger partial charge in [-0.3, -0.25) is 9.59 Å². The van der Waals surface area contributed by atoms with E-state index in [9.17, 15) is 14.0 Å². The molecule has 3 rings (SSSR count). The molecular weight excluding hydrogens is 415 g/mol. The summed E-state index contributed by atoms with van der Waals surface area (Å²) in [5.74, 6) is -0.855. The van der Waals surface area contributed by atoms with Crippen molar-refractivity contribution in [2.24, 2.45) is 7.05 Å². The molecule has 2 aromatic carbocycles. The number of halogens is 2. The summed E-state index contributed by atoms with van der Waals surface area (Å²) in [4.78, 5) is 24.1. The van der Waals surface area contributed by atoms with Gasteiger partial charge in [-0.15, -0.1) is 0 Å². The fourth-order valence-corrected chi connectivity index (χ4v) is 2.92. The van der Waals surface area contributed by atoms with Gasteiger partial charge in [-0.05, 0) is 51.8 Å². The quantitative estimate of drug-likeness (QED) is 0.648. The molecule has 27 heavy (non-hydrogen) atoms. The van der Waals surface area contributed by atoms with Crippen LogP contribution in [0.5, 0.6) is 0 Å². The van der Waals surface area contributed by atoms with Crippen molar-refractivity contribution in [2.75, 3.05) is 10.6 Å². The summed E-state index contributed by atoms with van der Waals surface area (Å²) in [6, 6.07) is 12.7. The predicted molar refractivity (Wildman–Crippen MR) is 105 cm³/mol. The van der Waals surface area contributed by atoms with Gasteiger partial charge in [-0.1, -0.05) is 18.2 Å². The number of hydrogen-bond acceptors (Lipinski definition) is 4. The molecule has 0 aliphatic rings. The van der Waals surface area contributed by atoms with Crippen LogP contribution in [0, 0.1) is 5.82 Å². The van der Waals surface area contributed by atoms with E-state index in [4.69, 9.17) is 0 Å². The highest BCUT2D eigenvalue weighted by Gasteiger charge is 2.09. The minimum Gasteiger partial charge on any atom is -0.379 e.